The number of nitrogens with zero attached hydrogens (tertiary/aromatic N) is 2. The number of alkyl halides is 1. The summed E-state index contributed by atoms with van der Waals surface area (Å²) in [5, 5.41) is 3.07. The fourth-order valence-corrected chi connectivity index (χ4v) is 3.55. The van der Waals surface area contributed by atoms with Crippen LogP contribution in [0.4, 0.5) is 13.9 Å². The number of fused-ring (bicyclic) bond motifs is 1. The summed E-state index contributed by atoms with van der Waals surface area (Å²) in [6.45, 7) is 1.83. The van der Waals surface area contributed by atoms with Gasteiger partial charge in [-0.2, -0.15) is 4.39 Å². The van der Waals surface area contributed by atoms with Crippen LogP contribution in [0.25, 0.3) is 21.3 Å². The van der Waals surface area contributed by atoms with Crippen LogP contribution >= 0.6 is 11.3 Å². The van der Waals surface area contributed by atoms with Gasteiger partial charge in [-0.3, -0.25) is 4.79 Å². The Labute approximate surface area is 140 Å². The van der Waals surface area contributed by atoms with Gasteiger partial charge in [0.1, 0.15) is 6.17 Å². The molecule has 1 amide bonds. The van der Waals surface area contributed by atoms with Crippen molar-refractivity contribution in [3.05, 3.63) is 42.0 Å². The highest BCUT2D eigenvalue weighted by Gasteiger charge is 2.43. The number of aryl methyl sites for hydroxylation is 1. The normalized spacial score (nSPS) is 19.5. The van der Waals surface area contributed by atoms with Crippen LogP contribution < -0.4 is 5.32 Å². The minimum atomic E-state index is -1.04. The third-order valence-electron chi connectivity index (χ3n) is 4.07. The summed E-state index contributed by atoms with van der Waals surface area (Å²) in [6.07, 6.45) is 0.672. The minimum absolute atomic E-state index is 0.278. The van der Waals surface area contributed by atoms with Gasteiger partial charge in [0.05, 0.1) is 16.1 Å². The van der Waals surface area contributed by atoms with Crippen LogP contribution in [-0.2, 0) is 4.79 Å². The Bertz CT molecular complexity index is 936. The van der Waals surface area contributed by atoms with Crippen molar-refractivity contribution < 1.29 is 13.6 Å². The number of hydrogen-bond donors (Lipinski definition) is 1. The molecule has 3 aromatic rings. The molecule has 1 fully saturated rings. The van der Waals surface area contributed by atoms with Crippen molar-refractivity contribution in [2.45, 2.75) is 19.5 Å². The van der Waals surface area contributed by atoms with Gasteiger partial charge in [0, 0.05) is 11.8 Å². The molecule has 1 N–H and O–H groups in total. The van der Waals surface area contributed by atoms with Gasteiger partial charge >= 0.3 is 0 Å². The summed E-state index contributed by atoms with van der Waals surface area (Å²) in [5.41, 5.74) is 2.66. The van der Waals surface area contributed by atoms with Gasteiger partial charge in [0.15, 0.2) is 5.13 Å². The van der Waals surface area contributed by atoms with Gasteiger partial charge in [-0.15, -0.1) is 0 Å². The first-order chi connectivity index (χ1) is 11.5. The number of amides is 1. The molecule has 1 aliphatic rings. The van der Waals surface area contributed by atoms with E-state index in [0.717, 1.165) is 10.3 Å². The van der Waals surface area contributed by atoms with Crippen molar-refractivity contribution in [3.63, 3.8) is 0 Å². The largest absolute Gasteiger partial charge is 0.302 e. The number of nitrogens with one attached hydrogen (secondary N) is 1. The van der Waals surface area contributed by atoms with Crippen molar-refractivity contribution in [1.29, 1.82) is 0 Å². The lowest BCUT2D eigenvalue weighted by atomic mass is 10.0. The molecular formula is C17H13F2N3OS. The zero-order valence-corrected chi connectivity index (χ0v) is 13.5. The topological polar surface area (TPSA) is 54.9 Å². The number of anilines is 1. The number of halogens is 2. The Hall–Kier alpha value is -2.41. The number of carbonyl (C=O) groups excluding carboxylic acids is 1. The molecule has 24 heavy (non-hydrogen) atoms. The summed E-state index contributed by atoms with van der Waals surface area (Å²) >= 11 is 1.28. The minimum Gasteiger partial charge on any atom is -0.302 e. The van der Waals surface area contributed by atoms with E-state index in [1.54, 1.807) is 18.2 Å². The molecule has 0 saturated heterocycles. The maximum Gasteiger partial charge on any atom is 0.232 e. The van der Waals surface area contributed by atoms with Crippen LogP contribution in [0.1, 0.15) is 12.0 Å². The molecule has 7 heteroatoms. The third kappa shape index (κ3) is 2.65. The molecule has 1 saturated carbocycles. The van der Waals surface area contributed by atoms with Crippen molar-refractivity contribution in [2.24, 2.45) is 5.92 Å². The van der Waals surface area contributed by atoms with E-state index in [9.17, 15) is 13.6 Å². The van der Waals surface area contributed by atoms with Crippen molar-refractivity contribution in [3.8, 4) is 11.1 Å². The van der Waals surface area contributed by atoms with Crippen molar-refractivity contribution >= 4 is 32.6 Å². The summed E-state index contributed by atoms with van der Waals surface area (Å²) in [7, 11) is 0. The maximum absolute atomic E-state index is 14.0. The molecule has 122 valence electrons. The number of hydrogen-bond acceptors (Lipinski definition) is 4. The van der Waals surface area contributed by atoms with E-state index in [4.69, 9.17) is 0 Å². The fourth-order valence-electron chi connectivity index (χ4n) is 2.64. The van der Waals surface area contributed by atoms with E-state index in [1.807, 2.05) is 13.0 Å². The first-order valence-corrected chi connectivity index (χ1v) is 8.31. The first kappa shape index (κ1) is 15.1. The second kappa shape index (κ2) is 5.59. The van der Waals surface area contributed by atoms with E-state index < -0.39 is 18.0 Å². The van der Waals surface area contributed by atoms with E-state index >= 15 is 0 Å². The van der Waals surface area contributed by atoms with Gasteiger partial charge in [0.25, 0.3) is 0 Å². The number of carbonyl (C=O) groups is 1. The van der Waals surface area contributed by atoms with Gasteiger partial charge in [-0.25, -0.2) is 14.4 Å². The Kier molecular flexibility index (Phi) is 3.53. The van der Waals surface area contributed by atoms with Crippen LogP contribution in [-0.4, -0.2) is 22.0 Å². The number of thiazole rings is 1. The molecule has 0 spiro atoms. The van der Waals surface area contributed by atoms with Gasteiger partial charge in [-0.05, 0) is 42.7 Å². The lowest BCUT2D eigenvalue weighted by molar-refractivity contribution is -0.117. The van der Waals surface area contributed by atoms with Crippen LogP contribution in [0.5, 0.6) is 0 Å². The molecule has 2 aromatic heterocycles. The summed E-state index contributed by atoms with van der Waals surface area (Å²) < 4.78 is 27.8. The van der Waals surface area contributed by atoms with Crippen LogP contribution in [0.15, 0.2) is 30.5 Å². The van der Waals surface area contributed by atoms with Crippen LogP contribution in [0.2, 0.25) is 0 Å². The lowest BCUT2D eigenvalue weighted by Gasteiger charge is -2.06. The number of aromatic nitrogens is 2. The fraction of sp³-hybridized carbons (Fsp3) is 0.235. The van der Waals surface area contributed by atoms with Gasteiger partial charge in [-0.1, -0.05) is 17.4 Å². The predicted molar refractivity (Wildman–Crippen MR) is 89.2 cm³/mol. The molecule has 2 heterocycles. The van der Waals surface area contributed by atoms with Crippen LogP contribution in [0, 0.1) is 18.8 Å². The Morgan fingerprint density at radius 1 is 1.38 bits per heavy atom. The molecule has 0 bridgehead atoms. The monoisotopic (exact) mass is 345 g/mol. The molecule has 2 unspecified atom stereocenters. The molecular weight excluding hydrogens is 332 g/mol. The summed E-state index contributed by atoms with van der Waals surface area (Å²) in [4.78, 5) is 19.8. The molecule has 2 atom stereocenters. The molecule has 4 nitrogen and oxygen atoms in total. The number of benzene rings is 1. The smallest absolute Gasteiger partial charge is 0.232 e. The molecule has 1 aromatic carbocycles. The molecule has 1 aliphatic carbocycles. The first-order valence-electron chi connectivity index (χ1n) is 7.50. The SMILES string of the molecule is Cc1ccnc(F)c1-c1ccc2nc(NC(=O)C3CC3F)sc2c1. The van der Waals surface area contributed by atoms with E-state index in [0.29, 0.717) is 21.8 Å². The lowest BCUT2D eigenvalue weighted by Crippen LogP contribution is -2.14. The quantitative estimate of drug-likeness (QED) is 0.727. The summed E-state index contributed by atoms with van der Waals surface area (Å²) in [6, 6.07) is 7.13. The second-order valence-electron chi connectivity index (χ2n) is 5.84. The van der Waals surface area contributed by atoms with Crippen molar-refractivity contribution in [1.82, 2.24) is 9.97 Å². The number of rotatable bonds is 3. The van der Waals surface area contributed by atoms with Gasteiger partial charge in [0.2, 0.25) is 11.9 Å². The average molecular weight is 345 g/mol. The zero-order valence-electron chi connectivity index (χ0n) is 12.7. The van der Waals surface area contributed by atoms with E-state index in [2.05, 4.69) is 15.3 Å². The Morgan fingerprint density at radius 3 is 2.88 bits per heavy atom. The highest BCUT2D eigenvalue weighted by atomic mass is 32.1. The van der Waals surface area contributed by atoms with Crippen LogP contribution in [0.3, 0.4) is 0 Å². The highest BCUT2D eigenvalue weighted by molar-refractivity contribution is 7.22. The Morgan fingerprint density at radius 2 is 2.17 bits per heavy atom. The standard InChI is InChI=1S/C17H13F2N3OS/c1-8-4-5-20-15(19)14(8)9-2-3-12-13(6-9)24-17(21-12)22-16(23)10-7-11(10)18/h2-6,10-11H,7H2,1H3,(H,21,22,23). The average Bonchev–Trinajstić information content (AvgIpc) is 3.13. The Balaban J connectivity index is 1.67. The summed E-state index contributed by atoms with van der Waals surface area (Å²) in [5.74, 6) is -1.41. The van der Waals surface area contributed by atoms with Crippen molar-refractivity contribution in [2.75, 3.05) is 5.32 Å². The maximum atomic E-state index is 14.0. The van der Waals surface area contributed by atoms with Gasteiger partial charge < -0.3 is 5.32 Å². The highest BCUT2D eigenvalue weighted by Crippen LogP contribution is 2.36. The molecule has 0 aliphatic heterocycles. The third-order valence-corrected chi connectivity index (χ3v) is 5.00. The van der Waals surface area contributed by atoms with E-state index in [1.165, 1.54) is 17.5 Å². The number of pyridine rings is 1. The molecule has 4 rings (SSSR count). The predicted octanol–water partition coefficient (Wildman–Crippen LogP) is 4.10. The van der Waals surface area contributed by atoms with E-state index in [-0.39, 0.29) is 12.3 Å². The second-order valence-corrected chi connectivity index (χ2v) is 6.87. The zero-order chi connectivity index (χ0) is 16.8. The molecule has 0 radical (unpaired) electrons.